The Morgan fingerprint density at radius 1 is 1.06 bits per heavy atom. The van der Waals surface area contributed by atoms with Crippen molar-refractivity contribution in [2.24, 2.45) is 0 Å². The first-order chi connectivity index (χ1) is 7.04. The third-order valence-electron chi connectivity index (χ3n) is 1.02. The van der Waals surface area contributed by atoms with Crippen molar-refractivity contribution in [1.82, 2.24) is 0 Å². The minimum absolute atomic E-state index is 0. The number of rotatable bonds is 1. The van der Waals surface area contributed by atoms with Crippen molar-refractivity contribution in [2.45, 2.75) is 14.9 Å². The molecular formula is C10H18CeCl3O3. The van der Waals surface area contributed by atoms with E-state index < -0.39 is 36.6 Å². The van der Waals surface area contributed by atoms with Crippen LogP contribution in [0, 0.1) is 30.7 Å². The third-order valence-corrected chi connectivity index (χ3v) is 1.02. The van der Waals surface area contributed by atoms with Gasteiger partial charge in [0.05, 0.1) is 5.56 Å². The average Bonchev–Trinajstić information content (AvgIpc) is 2.21. The van der Waals surface area contributed by atoms with Gasteiger partial charge in [0.1, 0.15) is 0 Å². The van der Waals surface area contributed by atoms with E-state index in [2.05, 4.69) is 0 Å². The molecule has 0 aliphatic heterocycles. The molecule has 0 fully saturated rings. The summed E-state index contributed by atoms with van der Waals surface area (Å²) in [4.78, 5) is 10.2. The number of hydrogen-bond acceptors (Lipinski definition) is 2. The van der Waals surface area contributed by atoms with Gasteiger partial charge >= 0.3 is 53.5 Å². The molecule has 1 aromatic rings. The summed E-state index contributed by atoms with van der Waals surface area (Å²) in [5.41, 5.74) is 15.4. The maximum absolute atomic E-state index is 10.2. The Kier molecular flexibility index (Phi) is 29.9. The Morgan fingerprint density at radius 2 is 1.35 bits per heavy atom. The monoisotopic (exact) mass is 431 g/mol. The summed E-state index contributed by atoms with van der Waals surface area (Å²) < 4.78 is 0. The normalized spacial score (nSPS) is 6.65. The van der Waals surface area contributed by atoms with Crippen LogP contribution in [0.2, 0.25) is 0 Å². The summed E-state index contributed by atoms with van der Waals surface area (Å²) >= 11 is -2.24. The van der Waals surface area contributed by atoms with Crippen LogP contribution in [0.3, 0.4) is 0 Å². The van der Waals surface area contributed by atoms with Crippen molar-refractivity contribution >= 4 is 22.9 Å². The molecule has 1 rings (SSSR count). The standard InChI is InChI=1S/C7H6O2.CH4O.2CH4.Ce.3ClH/c8-7(9)6-4-2-1-3-5-6;1-2;;;;;;/h1-5H,(H,8,9);2H,1H3;2*1H4;;3*1H/q;;;;+3;;;/p-3. The number of carbonyl (C=O) groups is 1. The van der Waals surface area contributed by atoms with Gasteiger partial charge in [-0.2, -0.15) is 0 Å². The summed E-state index contributed by atoms with van der Waals surface area (Å²) in [6.45, 7) is 0. The first-order valence-electron chi connectivity index (χ1n) is 3.60. The summed E-state index contributed by atoms with van der Waals surface area (Å²) in [6, 6.07) is 8.30. The fourth-order valence-corrected chi connectivity index (χ4v) is 0.581. The Labute approximate surface area is 125 Å². The molecular weight excluding hydrogens is 415 g/mol. The van der Waals surface area contributed by atoms with Crippen LogP contribution >= 0.6 is 16.9 Å². The van der Waals surface area contributed by atoms with Gasteiger partial charge in [0.2, 0.25) is 0 Å². The molecule has 0 amide bonds. The molecule has 0 saturated heterocycles. The number of aliphatic hydroxyl groups excluding tert-OH is 1. The van der Waals surface area contributed by atoms with Crippen LogP contribution in [0.5, 0.6) is 0 Å². The molecule has 3 nitrogen and oxygen atoms in total. The van der Waals surface area contributed by atoms with Gasteiger partial charge in [-0.1, -0.05) is 33.1 Å². The quantitative estimate of drug-likeness (QED) is 0.694. The predicted molar refractivity (Wildman–Crippen MR) is 72.6 cm³/mol. The fourth-order valence-electron chi connectivity index (χ4n) is 0.581. The number of carboxylic acids is 1. The fraction of sp³-hybridized carbons (Fsp3) is 0.300. The summed E-state index contributed by atoms with van der Waals surface area (Å²) in [5, 5.41) is 15.4. The summed E-state index contributed by atoms with van der Waals surface area (Å²) in [6.07, 6.45) is 0. The Hall–Kier alpha value is 0.897. The first-order valence-corrected chi connectivity index (χ1v) is 15.4. The van der Waals surface area contributed by atoms with Crippen LogP contribution in [-0.4, -0.2) is 23.3 Å². The zero-order valence-electron chi connectivity index (χ0n) is 7.82. The van der Waals surface area contributed by atoms with Gasteiger partial charge in [-0.05, 0) is 12.1 Å². The van der Waals surface area contributed by atoms with Crippen LogP contribution < -0.4 is 0 Å². The molecule has 2 N–H and O–H groups in total. The van der Waals surface area contributed by atoms with Crippen LogP contribution in [0.25, 0.3) is 0 Å². The van der Waals surface area contributed by atoms with Crippen LogP contribution in [0.1, 0.15) is 25.2 Å². The number of aliphatic hydroxyl groups is 1. The van der Waals surface area contributed by atoms with E-state index in [0.717, 1.165) is 7.11 Å². The second-order valence-electron chi connectivity index (χ2n) is 1.89. The number of halogens is 3. The molecule has 0 aliphatic carbocycles. The molecule has 0 aliphatic rings. The van der Waals surface area contributed by atoms with Gasteiger partial charge < -0.3 is 10.2 Å². The first kappa shape index (κ1) is 26.5. The van der Waals surface area contributed by atoms with E-state index in [9.17, 15) is 4.79 Å². The zero-order chi connectivity index (χ0) is 12.3. The van der Waals surface area contributed by atoms with E-state index in [4.69, 9.17) is 27.1 Å². The second kappa shape index (κ2) is 19.2. The van der Waals surface area contributed by atoms with Crippen molar-refractivity contribution in [3.8, 4) is 0 Å². The molecule has 0 unspecified atom stereocenters. The third kappa shape index (κ3) is 22.5. The molecule has 0 saturated carbocycles. The van der Waals surface area contributed by atoms with E-state index in [1.165, 1.54) is 0 Å². The molecule has 101 valence electrons. The van der Waals surface area contributed by atoms with Crippen molar-refractivity contribution in [2.75, 3.05) is 7.11 Å². The Morgan fingerprint density at radius 3 is 1.53 bits per heavy atom. The molecule has 0 aromatic heterocycles. The maximum atomic E-state index is 10.2. The van der Waals surface area contributed by atoms with Crippen LogP contribution in [-0.2, 0) is 0 Å². The van der Waals surface area contributed by atoms with Crippen molar-refractivity contribution in [3.63, 3.8) is 0 Å². The Balaban J connectivity index is -0.0000000925. The number of hydrogen-bond donors (Lipinski definition) is 2. The Bertz CT molecular complexity index is 255. The molecule has 7 heteroatoms. The average molecular weight is 433 g/mol. The predicted octanol–water partition coefficient (Wildman–Crippen LogP) is 4.33. The number of carboxylic acid groups (broad SMARTS) is 1. The van der Waals surface area contributed by atoms with Gasteiger partial charge in [-0.15, -0.1) is 0 Å². The van der Waals surface area contributed by atoms with E-state index >= 15 is 0 Å². The number of aromatic carboxylic acids is 1. The molecule has 0 heterocycles. The molecule has 1 aromatic carbocycles. The summed E-state index contributed by atoms with van der Waals surface area (Å²) in [7, 11) is 1.00. The van der Waals surface area contributed by atoms with E-state index in [0.29, 0.717) is 5.56 Å². The van der Waals surface area contributed by atoms with Gasteiger partial charge in [0.15, 0.2) is 0 Å². The zero-order valence-corrected chi connectivity index (χ0v) is 13.2. The molecule has 0 spiro atoms. The molecule has 0 bridgehead atoms. The summed E-state index contributed by atoms with van der Waals surface area (Å²) in [5.74, 6) is -0.879. The van der Waals surface area contributed by atoms with Crippen molar-refractivity contribution in [1.29, 1.82) is 0 Å². The van der Waals surface area contributed by atoms with E-state index in [1.807, 2.05) is 0 Å². The minimum atomic E-state index is -2.24. The van der Waals surface area contributed by atoms with E-state index in [-0.39, 0.29) is 14.9 Å². The van der Waals surface area contributed by atoms with Gasteiger partial charge in [-0.25, -0.2) is 4.79 Å². The SMILES string of the molecule is C.C.CO.O=C(O)c1ccccc1.[Cl][Ce]([Cl])[Cl]. The second-order valence-corrected chi connectivity index (χ2v) is 15.7. The number of benzene rings is 1. The molecule has 0 radical (unpaired) electrons. The molecule has 17 heavy (non-hydrogen) atoms. The van der Waals surface area contributed by atoms with Crippen molar-refractivity contribution < 1.29 is 45.7 Å². The topological polar surface area (TPSA) is 57.5 Å². The van der Waals surface area contributed by atoms with Gasteiger partial charge in [0.25, 0.3) is 0 Å². The van der Waals surface area contributed by atoms with Gasteiger partial charge in [-0.3, -0.25) is 0 Å². The van der Waals surface area contributed by atoms with Gasteiger partial charge in [0, 0.05) is 7.11 Å². The van der Waals surface area contributed by atoms with Crippen molar-refractivity contribution in [3.05, 3.63) is 35.9 Å². The van der Waals surface area contributed by atoms with Crippen LogP contribution in [0.4, 0.5) is 0 Å². The molecule has 0 atom stereocenters. The van der Waals surface area contributed by atoms with Crippen LogP contribution in [0.15, 0.2) is 30.3 Å². The van der Waals surface area contributed by atoms with E-state index in [1.54, 1.807) is 30.3 Å².